The Morgan fingerprint density at radius 2 is 2.00 bits per heavy atom. The molecule has 2 N–H and O–H groups in total. The summed E-state index contributed by atoms with van der Waals surface area (Å²) in [6.07, 6.45) is 8.84. The Morgan fingerprint density at radius 3 is 2.48 bits per heavy atom. The largest absolute Gasteiger partial charge is 0.497 e. The summed E-state index contributed by atoms with van der Waals surface area (Å²) in [6, 6.07) is 0. The van der Waals surface area contributed by atoms with Gasteiger partial charge in [0, 0.05) is 5.57 Å². The van der Waals surface area contributed by atoms with Crippen LogP contribution in [0.4, 0.5) is 4.39 Å². The molecule has 0 unspecified atom stereocenters. The molecule has 0 radical (unpaired) electrons. The van der Waals surface area contributed by atoms with E-state index < -0.39 is 11.3 Å². The minimum atomic E-state index is -0.740. The van der Waals surface area contributed by atoms with Crippen molar-refractivity contribution in [1.29, 1.82) is 0 Å². The summed E-state index contributed by atoms with van der Waals surface area (Å²) < 4.78 is 19.5. The van der Waals surface area contributed by atoms with Gasteiger partial charge in [-0.1, -0.05) is 39.0 Å². The SMILES string of the molecule is C/C=C\C=C(\F)C(C)(C)CO/C(C)=C/C(=C\CC)C(N)=O. The van der Waals surface area contributed by atoms with Gasteiger partial charge < -0.3 is 10.5 Å². The fraction of sp³-hybridized carbons (Fsp3) is 0.471. The van der Waals surface area contributed by atoms with Crippen LogP contribution in [0.15, 0.2) is 47.5 Å². The first-order valence-electron chi connectivity index (χ1n) is 7.04. The zero-order valence-electron chi connectivity index (χ0n) is 13.6. The van der Waals surface area contributed by atoms with Gasteiger partial charge in [0.1, 0.15) is 5.83 Å². The van der Waals surface area contributed by atoms with Crippen molar-refractivity contribution in [2.75, 3.05) is 6.61 Å². The lowest BCUT2D eigenvalue weighted by molar-refractivity contribution is -0.114. The molecule has 0 atom stereocenters. The molecule has 0 aromatic heterocycles. The van der Waals surface area contributed by atoms with Crippen molar-refractivity contribution in [2.24, 2.45) is 11.1 Å². The van der Waals surface area contributed by atoms with Gasteiger partial charge >= 0.3 is 0 Å². The summed E-state index contributed by atoms with van der Waals surface area (Å²) in [4.78, 5) is 11.2. The molecule has 0 aliphatic rings. The second-order valence-corrected chi connectivity index (χ2v) is 5.40. The zero-order valence-corrected chi connectivity index (χ0v) is 13.6. The lowest BCUT2D eigenvalue weighted by atomic mass is 9.92. The third-order valence-electron chi connectivity index (χ3n) is 2.81. The van der Waals surface area contributed by atoms with Crippen LogP contribution in [0.2, 0.25) is 0 Å². The molecule has 0 aromatic carbocycles. The number of primary amides is 1. The van der Waals surface area contributed by atoms with Crippen LogP contribution in [0.25, 0.3) is 0 Å². The van der Waals surface area contributed by atoms with Crippen LogP contribution >= 0.6 is 0 Å². The first kappa shape index (κ1) is 19.2. The Balaban J connectivity index is 4.84. The van der Waals surface area contributed by atoms with Gasteiger partial charge in [0.25, 0.3) is 0 Å². The van der Waals surface area contributed by atoms with Gasteiger partial charge in [-0.2, -0.15) is 0 Å². The van der Waals surface area contributed by atoms with E-state index in [4.69, 9.17) is 10.5 Å². The summed E-state index contributed by atoms with van der Waals surface area (Å²) in [5.74, 6) is -0.230. The third-order valence-corrected chi connectivity index (χ3v) is 2.81. The maximum Gasteiger partial charge on any atom is 0.248 e. The molecule has 1 amide bonds. The van der Waals surface area contributed by atoms with Crippen molar-refractivity contribution in [3.63, 3.8) is 0 Å². The van der Waals surface area contributed by atoms with Crippen LogP contribution in [0, 0.1) is 5.41 Å². The van der Waals surface area contributed by atoms with E-state index in [9.17, 15) is 9.18 Å². The number of hydrogen-bond acceptors (Lipinski definition) is 2. The van der Waals surface area contributed by atoms with Crippen molar-refractivity contribution >= 4 is 5.91 Å². The number of amides is 1. The van der Waals surface area contributed by atoms with Gasteiger partial charge in [-0.15, -0.1) is 0 Å². The summed E-state index contributed by atoms with van der Waals surface area (Å²) in [7, 11) is 0. The Bertz CT molecular complexity index is 471. The predicted octanol–water partition coefficient (Wildman–Crippen LogP) is 4.18. The lowest BCUT2D eigenvalue weighted by Crippen LogP contribution is -2.20. The van der Waals surface area contributed by atoms with E-state index in [0.29, 0.717) is 17.8 Å². The maximum atomic E-state index is 14.0. The Morgan fingerprint density at radius 1 is 1.38 bits per heavy atom. The van der Waals surface area contributed by atoms with Gasteiger partial charge in [-0.05, 0) is 32.4 Å². The monoisotopic (exact) mass is 295 g/mol. The molecule has 0 saturated heterocycles. The normalized spacial score (nSPS) is 14.7. The zero-order chi connectivity index (χ0) is 16.5. The molecule has 0 aromatic rings. The van der Waals surface area contributed by atoms with Crippen molar-refractivity contribution in [3.8, 4) is 0 Å². The van der Waals surface area contributed by atoms with Crippen LogP contribution in [-0.2, 0) is 9.53 Å². The van der Waals surface area contributed by atoms with E-state index in [0.717, 1.165) is 0 Å². The molecule has 0 aliphatic heterocycles. The Labute approximate surface area is 127 Å². The highest BCUT2D eigenvalue weighted by molar-refractivity contribution is 5.94. The highest BCUT2D eigenvalue weighted by atomic mass is 19.1. The number of carbonyl (C=O) groups is 1. The number of rotatable bonds is 8. The quantitative estimate of drug-likeness (QED) is 0.415. The smallest absolute Gasteiger partial charge is 0.248 e. The third kappa shape index (κ3) is 7.49. The summed E-state index contributed by atoms with van der Waals surface area (Å²) in [5, 5.41) is 0. The molecule has 0 rings (SSSR count). The van der Waals surface area contributed by atoms with E-state index in [1.165, 1.54) is 6.08 Å². The second-order valence-electron chi connectivity index (χ2n) is 5.40. The lowest BCUT2D eigenvalue weighted by Gasteiger charge is -2.23. The van der Waals surface area contributed by atoms with E-state index in [-0.39, 0.29) is 12.4 Å². The van der Waals surface area contributed by atoms with E-state index in [1.54, 1.807) is 45.1 Å². The van der Waals surface area contributed by atoms with E-state index in [2.05, 4.69) is 0 Å². The van der Waals surface area contributed by atoms with Crippen molar-refractivity contribution in [2.45, 2.75) is 41.0 Å². The van der Waals surface area contributed by atoms with Gasteiger partial charge in [-0.3, -0.25) is 4.79 Å². The molecular weight excluding hydrogens is 269 g/mol. The first-order valence-corrected chi connectivity index (χ1v) is 7.04. The van der Waals surface area contributed by atoms with Crippen LogP contribution in [0.3, 0.4) is 0 Å². The predicted molar refractivity (Wildman–Crippen MR) is 85.1 cm³/mol. The molecule has 0 fully saturated rings. The van der Waals surface area contributed by atoms with Crippen molar-refractivity contribution < 1.29 is 13.9 Å². The van der Waals surface area contributed by atoms with Crippen molar-refractivity contribution in [3.05, 3.63) is 47.5 Å². The highest BCUT2D eigenvalue weighted by Crippen LogP contribution is 2.28. The van der Waals surface area contributed by atoms with Crippen LogP contribution < -0.4 is 5.73 Å². The summed E-state index contributed by atoms with van der Waals surface area (Å²) in [6.45, 7) is 9.14. The molecule has 0 bridgehead atoms. The average Bonchev–Trinajstić information content (AvgIpc) is 2.41. The number of carbonyl (C=O) groups excluding carboxylic acids is 1. The minimum Gasteiger partial charge on any atom is -0.497 e. The highest BCUT2D eigenvalue weighted by Gasteiger charge is 2.24. The van der Waals surface area contributed by atoms with Crippen LogP contribution in [-0.4, -0.2) is 12.5 Å². The Hall–Kier alpha value is -1.84. The molecule has 21 heavy (non-hydrogen) atoms. The molecule has 4 heteroatoms. The average molecular weight is 295 g/mol. The molecule has 0 spiro atoms. The summed E-state index contributed by atoms with van der Waals surface area (Å²) in [5.41, 5.74) is 4.93. The van der Waals surface area contributed by atoms with Crippen LogP contribution in [0.5, 0.6) is 0 Å². The molecule has 118 valence electrons. The molecular formula is C17H26FNO2. The standard InChI is InChI=1S/C17H26FNO2/c1-6-8-10-15(18)17(4,5)12-21-13(3)11-14(9-7-2)16(19)20/h6,8-11H,7,12H2,1-5H3,(H2,19,20)/b8-6-,13-11+,14-9+,15-10+. The number of nitrogens with two attached hydrogens (primary N) is 1. The first-order chi connectivity index (χ1) is 9.74. The van der Waals surface area contributed by atoms with E-state index >= 15 is 0 Å². The van der Waals surface area contributed by atoms with Gasteiger partial charge in [0.2, 0.25) is 5.91 Å². The van der Waals surface area contributed by atoms with Gasteiger partial charge in [-0.25, -0.2) is 4.39 Å². The van der Waals surface area contributed by atoms with Gasteiger partial charge in [0.15, 0.2) is 0 Å². The number of halogens is 1. The maximum absolute atomic E-state index is 14.0. The molecule has 3 nitrogen and oxygen atoms in total. The second kappa shape index (κ2) is 9.16. The number of allylic oxidation sites excluding steroid dienone is 5. The fourth-order valence-corrected chi connectivity index (χ4v) is 1.48. The van der Waals surface area contributed by atoms with Crippen LogP contribution in [0.1, 0.15) is 41.0 Å². The van der Waals surface area contributed by atoms with Crippen molar-refractivity contribution in [1.82, 2.24) is 0 Å². The number of ether oxygens (including phenoxy) is 1. The Kier molecular flexibility index (Phi) is 8.36. The topological polar surface area (TPSA) is 52.3 Å². The molecule has 0 saturated carbocycles. The number of hydrogen-bond donors (Lipinski definition) is 1. The minimum absolute atomic E-state index is 0.174. The molecule has 0 aliphatic carbocycles. The summed E-state index contributed by atoms with van der Waals surface area (Å²) >= 11 is 0. The fourth-order valence-electron chi connectivity index (χ4n) is 1.48. The van der Waals surface area contributed by atoms with E-state index in [1.807, 2.05) is 13.8 Å². The molecule has 0 heterocycles. The van der Waals surface area contributed by atoms with Gasteiger partial charge in [0.05, 0.1) is 17.8 Å².